The third-order valence-electron chi connectivity index (χ3n) is 6.96. The van der Waals surface area contributed by atoms with E-state index in [1.807, 2.05) is 67.6 Å². The summed E-state index contributed by atoms with van der Waals surface area (Å²) in [6.45, 7) is 1.83. The van der Waals surface area contributed by atoms with Gasteiger partial charge in [-0.05, 0) is 57.3 Å². The van der Waals surface area contributed by atoms with Crippen LogP contribution in [0.3, 0.4) is 0 Å². The number of methoxy groups -OCH3 is 1. The molecule has 0 aliphatic rings. The molecule has 0 heterocycles. The van der Waals surface area contributed by atoms with Crippen molar-refractivity contribution >= 4 is 27.5 Å². The SMILES string of the molecule is COc1cccc([C@](C)(C(=O)O)C(c2cccc3ccccc23)c2cccc3ccccc23)c1. The van der Waals surface area contributed by atoms with Gasteiger partial charge in [0.1, 0.15) is 11.2 Å². The standard InChI is InChI=1S/C31H26O3/c1-31(30(32)33,23-14-9-15-24(20-23)34-2)29(27-18-7-12-21-10-3-5-16-25(21)27)28-19-8-13-22-11-4-6-17-26(22)28/h3-20,29H,1-2H3,(H,32,33)/t31-/m0/s1. The van der Waals surface area contributed by atoms with E-state index in [2.05, 4.69) is 48.5 Å². The van der Waals surface area contributed by atoms with Gasteiger partial charge in [0.2, 0.25) is 0 Å². The number of aliphatic carboxylic acids is 1. The molecule has 3 nitrogen and oxygen atoms in total. The van der Waals surface area contributed by atoms with Gasteiger partial charge in [0, 0.05) is 5.92 Å². The number of carbonyl (C=O) groups is 1. The van der Waals surface area contributed by atoms with Gasteiger partial charge in [0.25, 0.3) is 0 Å². The van der Waals surface area contributed by atoms with Gasteiger partial charge in [-0.1, -0.05) is 97.1 Å². The summed E-state index contributed by atoms with van der Waals surface area (Å²) in [6.07, 6.45) is 0. The van der Waals surface area contributed by atoms with Gasteiger partial charge < -0.3 is 9.84 Å². The lowest BCUT2D eigenvalue weighted by Gasteiger charge is -2.37. The topological polar surface area (TPSA) is 46.5 Å². The Balaban J connectivity index is 1.90. The van der Waals surface area contributed by atoms with Crippen LogP contribution >= 0.6 is 0 Å². The molecule has 0 bridgehead atoms. The summed E-state index contributed by atoms with van der Waals surface area (Å²) in [7, 11) is 1.60. The highest BCUT2D eigenvalue weighted by atomic mass is 16.5. The third-order valence-corrected chi connectivity index (χ3v) is 6.96. The van der Waals surface area contributed by atoms with Crippen LogP contribution in [-0.2, 0) is 10.2 Å². The highest BCUT2D eigenvalue weighted by Gasteiger charge is 2.46. The molecule has 0 radical (unpaired) electrons. The number of rotatable bonds is 6. The first-order chi connectivity index (χ1) is 16.5. The van der Waals surface area contributed by atoms with Crippen molar-refractivity contribution in [1.82, 2.24) is 0 Å². The first-order valence-electron chi connectivity index (χ1n) is 11.4. The number of fused-ring (bicyclic) bond motifs is 2. The monoisotopic (exact) mass is 446 g/mol. The Morgan fingerprint density at radius 3 is 1.76 bits per heavy atom. The predicted octanol–water partition coefficient (Wildman–Crippen LogP) is 7.18. The minimum atomic E-state index is -1.26. The van der Waals surface area contributed by atoms with Crippen molar-refractivity contribution in [3.8, 4) is 5.75 Å². The van der Waals surface area contributed by atoms with Crippen LogP contribution in [0.4, 0.5) is 0 Å². The largest absolute Gasteiger partial charge is 0.497 e. The Morgan fingerprint density at radius 2 is 1.24 bits per heavy atom. The van der Waals surface area contributed by atoms with Crippen molar-refractivity contribution in [2.45, 2.75) is 18.3 Å². The van der Waals surface area contributed by atoms with E-state index >= 15 is 0 Å². The molecule has 0 aliphatic heterocycles. The fourth-order valence-electron chi connectivity index (χ4n) is 5.15. The van der Waals surface area contributed by atoms with E-state index in [-0.39, 0.29) is 0 Å². The molecule has 0 fully saturated rings. The lowest BCUT2D eigenvalue weighted by molar-refractivity contribution is -0.143. The van der Waals surface area contributed by atoms with Crippen molar-refractivity contribution < 1.29 is 14.6 Å². The third kappa shape index (κ3) is 3.50. The van der Waals surface area contributed by atoms with Crippen LogP contribution in [0, 0.1) is 0 Å². The molecular weight excluding hydrogens is 420 g/mol. The molecule has 0 aromatic heterocycles. The van der Waals surface area contributed by atoms with Crippen molar-refractivity contribution in [1.29, 1.82) is 0 Å². The lowest BCUT2D eigenvalue weighted by atomic mass is 9.64. The molecular formula is C31H26O3. The average molecular weight is 447 g/mol. The van der Waals surface area contributed by atoms with Crippen LogP contribution in [0.15, 0.2) is 109 Å². The van der Waals surface area contributed by atoms with Crippen LogP contribution in [0.25, 0.3) is 21.5 Å². The van der Waals surface area contributed by atoms with Crippen molar-refractivity contribution in [3.63, 3.8) is 0 Å². The van der Waals surface area contributed by atoms with Crippen LogP contribution < -0.4 is 4.74 Å². The van der Waals surface area contributed by atoms with E-state index in [9.17, 15) is 9.90 Å². The molecule has 5 aromatic rings. The Hall–Kier alpha value is -4.11. The molecule has 0 unspecified atom stereocenters. The van der Waals surface area contributed by atoms with Gasteiger partial charge in [0.05, 0.1) is 7.11 Å². The van der Waals surface area contributed by atoms with Gasteiger partial charge in [-0.3, -0.25) is 4.79 Å². The Bertz CT molecular complexity index is 1410. The summed E-state index contributed by atoms with van der Waals surface area (Å²) in [5.74, 6) is -0.694. The lowest BCUT2D eigenvalue weighted by Crippen LogP contribution is -2.39. The zero-order chi connectivity index (χ0) is 23.7. The molecule has 0 amide bonds. The number of ether oxygens (including phenoxy) is 1. The van der Waals surface area contributed by atoms with Crippen LogP contribution in [-0.4, -0.2) is 18.2 Å². The van der Waals surface area contributed by atoms with E-state index < -0.39 is 17.3 Å². The zero-order valence-corrected chi connectivity index (χ0v) is 19.2. The second kappa shape index (κ2) is 8.68. The second-order valence-corrected chi connectivity index (χ2v) is 8.81. The van der Waals surface area contributed by atoms with Gasteiger partial charge in [0.15, 0.2) is 0 Å². The summed E-state index contributed by atoms with van der Waals surface area (Å²) < 4.78 is 5.47. The van der Waals surface area contributed by atoms with E-state index in [0.717, 1.165) is 32.7 Å². The smallest absolute Gasteiger partial charge is 0.314 e. The molecule has 0 saturated heterocycles. The van der Waals surface area contributed by atoms with Gasteiger partial charge in [-0.2, -0.15) is 0 Å². The molecule has 1 atom stereocenters. The number of hydrogen-bond acceptors (Lipinski definition) is 2. The van der Waals surface area contributed by atoms with Crippen molar-refractivity contribution in [2.24, 2.45) is 0 Å². The number of carboxylic acid groups (broad SMARTS) is 1. The van der Waals surface area contributed by atoms with Gasteiger partial charge >= 0.3 is 5.97 Å². The van der Waals surface area contributed by atoms with Crippen LogP contribution in [0.5, 0.6) is 5.75 Å². The van der Waals surface area contributed by atoms with Gasteiger partial charge in [-0.25, -0.2) is 0 Å². The minimum absolute atomic E-state index is 0.450. The molecule has 0 spiro atoms. The highest BCUT2D eigenvalue weighted by Crippen LogP contribution is 2.48. The van der Waals surface area contributed by atoms with E-state index in [1.54, 1.807) is 7.11 Å². The van der Waals surface area contributed by atoms with E-state index in [1.165, 1.54) is 0 Å². The summed E-state index contributed by atoms with van der Waals surface area (Å²) in [5.41, 5.74) is 1.41. The summed E-state index contributed by atoms with van der Waals surface area (Å²) >= 11 is 0. The summed E-state index contributed by atoms with van der Waals surface area (Å²) in [6, 6.07) is 36.1. The quantitative estimate of drug-likeness (QED) is 0.301. The maximum absolute atomic E-state index is 13.2. The second-order valence-electron chi connectivity index (χ2n) is 8.81. The predicted molar refractivity (Wildman–Crippen MR) is 138 cm³/mol. The minimum Gasteiger partial charge on any atom is -0.497 e. The molecule has 0 saturated carbocycles. The summed E-state index contributed by atoms with van der Waals surface area (Å²) in [4.78, 5) is 13.2. The highest BCUT2D eigenvalue weighted by molar-refractivity contribution is 5.94. The molecule has 5 rings (SSSR count). The maximum Gasteiger partial charge on any atom is 0.314 e. The number of benzene rings is 5. The zero-order valence-electron chi connectivity index (χ0n) is 19.2. The Morgan fingerprint density at radius 1 is 0.735 bits per heavy atom. The summed E-state index contributed by atoms with van der Waals surface area (Å²) in [5, 5.41) is 15.1. The number of hydrogen-bond donors (Lipinski definition) is 1. The molecule has 34 heavy (non-hydrogen) atoms. The van der Waals surface area contributed by atoms with E-state index in [0.29, 0.717) is 11.3 Å². The maximum atomic E-state index is 13.2. The average Bonchev–Trinajstić information content (AvgIpc) is 2.89. The fourth-order valence-corrected chi connectivity index (χ4v) is 5.15. The van der Waals surface area contributed by atoms with Crippen molar-refractivity contribution in [2.75, 3.05) is 7.11 Å². The molecule has 0 aliphatic carbocycles. The first-order valence-corrected chi connectivity index (χ1v) is 11.4. The Kier molecular flexibility index (Phi) is 5.54. The molecule has 5 aromatic carbocycles. The van der Waals surface area contributed by atoms with Crippen LogP contribution in [0.2, 0.25) is 0 Å². The van der Waals surface area contributed by atoms with E-state index in [4.69, 9.17) is 4.74 Å². The Labute approximate surface area is 199 Å². The number of carboxylic acids is 1. The molecule has 168 valence electrons. The first kappa shape index (κ1) is 21.7. The van der Waals surface area contributed by atoms with Crippen molar-refractivity contribution in [3.05, 3.63) is 126 Å². The molecule has 3 heteroatoms. The normalized spacial score (nSPS) is 13.1. The molecule has 1 N–H and O–H groups in total. The van der Waals surface area contributed by atoms with Gasteiger partial charge in [-0.15, -0.1) is 0 Å². The fraction of sp³-hybridized carbons (Fsp3) is 0.129. The van der Waals surface area contributed by atoms with Crippen LogP contribution in [0.1, 0.15) is 29.5 Å².